The van der Waals surface area contributed by atoms with Gasteiger partial charge in [0, 0.05) is 5.56 Å². The molecule has 0 saturated heterocycles. The van der Waals surface area contributed by atoms with Crippen molar-refractivity contribution in [2.45, 2.75) is 30.6 Å². The molecule has 0 amide bonds. The molecule has 0 radical (unpaired) electrons. The van der Waals surface area contributed by atoms with E-state index in [0.717, 1.165) is 0 Å². The molecule has 148 valence electrons. The van der Waals surface area contributed by atoms with Crippen LogP contribution in [0.15, 0.2) is 135 Å². The fraction of sp³-hybridized carbons (Fsp3) is 0.111. The maximum absolute atomic E-state index is 2.25. The molecule has 0 fully saturated rings. The maximum Gasteiger partial charge on any atom is 0.169 e. The molecule has 2 heteroatoms. The van der Waals surface area contributed by atoms with Gasteiger partial charge in [-0.2, -0.15) is 0 Å². The molecule has 29 heavy (non-hydrogen) atoms. The fourth-order valence-electron chi connectivity index (χ4n) is 2.64. The maximum atomic E-state index is 2.25. The van der Waals surface area contributed by atoms with E-state index in [4.69, 9.17) is 0 Å². The monoisotopic (exact) mass is 417 g/mol. The molecule has 0 aliphatic carbocycles. The average Bonchev–Trinajstić information content (AvgIpc) is 2.75. The van der Waals surface area contributed by atoms with E-state index in [2.05, 4.69) is 104 Å². The van der Waals surface area contributed by atoms with Gasteiger partial charge in [-0.05, 0) is 61.9 Å². The van der Waals surface area contributed by atoms with Gasteiger partial charge in [-0.15, -0.1) is 11.8 Å². The quantitative estimate of drug-likeness (QED) is 0.291. The van der Waals surface area contributed by atoms with Crippen molar-refractivity contribution in [1.82, 2.24) is 0 Å². The summed E-state index contributed by atoms with van der Waals surface area (Å²) < 4.78 is 0. The summed E-state index contributed by atoms with van der Waals surface area (Å²) in [5, 5.41) is 4.20. The third-order valence-corrected chi connectivity index (χ3v) is 6.97. The lowest BCUT2D eigenvalue weighted by Crippen LogP contribution is -2.07. The minimum atomic E-state index is -0.136. The normalized spacial score (nSPS) is 14.2. The van der Waals surface area contributed by atoms with E-state index in [9.17, 15) is 0 Å². The van der Waals surface area contributed by atoms with Gasteiger partial charge in [0.2, 0.25) is 0 Å². The Bertz CT molecular complexity index is 913. The zero-order valence-corrected chi connectivity index (χ0v) is 19.0. The van der Waals surface area contributed by atoms with Crippen LogP contribution in [0.25, 0.3) is 0 Å². The van der Waals surface area contributed by atoms with Crippen LogP contribution in [0, 0.1) is 6.92 Å². The third kappa shape index (κ3) is 7.84. The molecule has 0 aliphatic heterocycles. The zero-order valence-electron chi connectivity index (χ0n) is 17.4. The van der Waals surface area contributed by atoms with E-state index >= 15 is 0 Å². The molecule has 2 aromatic rings. The van der Waals surface area contributed by atoms with Gasteiger partial charge in [-0.25, -0.2) is 0 Å². The van der Waals surface area contributed by atoms with Gasteiger partial charge in [-0.1, -0.05) is 78.9 Å². The minimum Gasteiger partial charge on any atom is -0.106 e. The molecule has 0 N–H and O–H groups in total. The van der Waals surface area contributed by atoms with Crippen LogP contribution in [-0.4, -0.2) is 0 Å². The SMILES string of the molecule is C\C=C/C=C\C=C\S/C=C/C=C(\C=C/C)[S+](c1ccccc1)c1ccccc1C. The molecular formula is C27H29S2+. The van der Waals surface area contributed by atoms with Crippen molar-refractivity contribution in [1.29, 1.82) is 0 Å². The highest BCUT2D eigenvalue weighted by molar-refractivity contribution is 8.04. The second-order valence-electron chi connectivity index (χ2n) is 6.16. The van der Waals surface area contributed by atoms with Gasteiger partial charge in [0.15, 0.2) is 14.7 Å². The molecule has 0 heterocycles. The van der Waals surface area contributed by atoms with Crippen LogP contribution in [0.3, 0.4) is 0 Å². The lowest BCUT2D eigenvalue weighted by Gasteiger charge is -2.10. The predicted molar refractivity (Wildman–Crippen MR) is 134 cm³/mol. The Labute approximate surface area is 183 Å². The summed E-state index contributed by atoms with van der Waals surface area (Å²) in [4.78, 5) is 4.01. The van der Waals surface area contributed by atoms with Gasteiger partial charge >= 0.3 is 0 Å². The highest BCUT2D eigenvalue weighted by Crippen LogP contribution is 2.33. The number of hydrogen-bond donors (Lipinski definition) is 0. The van der Waals surface area contributed by atoms with Gasteiger partial charge < -0.3 is 0 Å². The standard InChI is InChI=1S/C27H29S2/c1-4-6-7-8-14-22-28-23-15-20-25(16-5-2)29(26-18-10-9-11-19-26)27-21-13-12-17-24(27)3/h4-23H,1-3H3/q+1/b6-4-,8-7-,16-5-,22-14+,23-15+,25-20+. The van der Waals surface area contributed by atoms with Gasteiger partial charge in [0.25, 0.3) is 0 Å². The summed E-state index contributed by atoms with van der Waals surface area (Å²) in [5.41, 5.74) is 1.32. The molecule has 2 rings (SSSR count). The van der Waals surface area contributed by atoms with E-state index < -0.39 is 0 Å². The third-order valence-electron chi connectivity index (χ3n) is 3.96. The van der Waals surface area contributed by atoms with Crippen molar-refractivity contribution < 1.29 is 0 Å². The predicted octanol–water partition coefficient (Wildman–Crippen LogP) is 8.38. The van der Waals surface area contributed by atoms with Crippen molar-refractivity contribution in [3.05, 3.63) is 131 Å². The molecule has 0 nitrogen and oxygen atoms in total. The van der Waals surface area contributed by atoms with Crippen molar-refractivity contribution in [2.75, 3.05) is 0 Å². The first-order valence-electron chi connectivity index (χ1n) is 9.72. The molecule has 1 unspecified atom stereocenters. The van der Waals surface area contributed by atoms with E-state index in [1.807, 2.05) is 37.3 Å². The van der Waals surface area contributed by atoms with Crippen LogP contribution in [0.2, 0.25) is 0 Å². The van der Waals surface area contributed by atoms with Crippen LogP contribution < -0.4 is 0 Å². The molecule has 0 aliphatic rings. The summed E-state index contributed by atoms with van der Waals surface area (Å²) in [6.45, 7) is 6.29. The van der Waals surface area contributed by atoms with Crippen LogP contribution in [0.5, 0.6) is 0 Å². The minimum absolute atomic E-state index is 0.136. The van der Waals surface area contributed by atoms with Crippen LogP contribution >= 0.6 is 11.8 Å². The highest BCUT2D eigenvalue weighted by Gasteiger charge is 2.30. The van der Waals surface area contributed by atoms with Crippen LogP contribution in [0.4, 0.5) is 0 Å². The number of allylic oxidation sites excluding steroid dienone is 9. The van der Waals surface area contributed by atoms with Gasteiger partial charge in [0.1, 0.15) is 0 Å². The Morgan fingerprint density at radius 3 is 2.17 bits per heavy atom. The summed E-state index contributed by atoms with van der Waals surface area (Å²) in [6, 6.07) is 19.5. The van der Waals surface area contributed by atoms with E-state index in [1.54, 1.807) is 11.8 Å². The van der Waals surface area contributed by atoms with Crippen molar-refractivity contribution >= 4 is 22.7 Å². The highest BCUT2D eigenvalue weighted by atomic mass is 32.2. The first-order chi connectivity index (χ1) is 14.3. The second kappa shape index (κ2) is 13.7. The molecular weight excluding hydrogens is 388 g/mol. The Morgan fingerprint density at radius 1 is 0.759 bits per heavy atom. The fourth-order valence-corrected chi connectivity index (χ4v) is 5.39. The lowest BCUT2D eigenvalue weighted by atomic mass is 10.2. The lowest BCUT2D eigenvalue weighted by molar-refractivity contribution is 1.28. The molecule has 0 bridgehead atoms. The Hall–Kier alpha value is -2.42. The first-order valence-corrected chi connectivity index (χ1v) is 11.9. The number of hydrogen-bond acceptors (Lipinski definition) is 1. The zero-order chi connectivity index (χ0) is 20.7. The van der Waals surface area contributed by atoms with Gasteiger partial charge in [0.05, 0.1) is 10.9 Å². The Morgan fingerprint density at radius 2 is 1.45 bits per heavy atom. The molecule has 1 atom stereocenters. The number of thioether (sulfide) groups is 1. The van der Waals surface area contributed by atoms with Crippen LogP contribution in [-0.2, 0) is 10.9 Å². The van der Waals surface area contributed by atoms with Crippen LogP contribution in [0.1, 0.15) is 19.4 Å². The first kappa shape index (κ1) is 22.9. The van der Waals surface area contributed by atoms with E-state index in [-0.39, 0.29) is 10.9 Å². The topological polar surface area (TPSA) is 0 Å². The van der Waals surface area contributed by atoms with E-state index in [1.165, 1.54) is 20.3 Å². The smallest absolute Gasteiger partial charge is 0.106 e. The molecule has 2 aromatic carbocycles. The average molecular weight is 418 g/mol. The van der Waals surface area contributed by atoms with Crippen molar-refractivity contribution in [3.63, 3.8) is 0 Å². The Balaban J connectivity index is 2.29. The second-order valence-corrected chi connectivity index (χ2v) is 8.97. The summed E-state index contributed by atoms with van der Waals surface area (Å²) >= 11 is 1.68. The van der Waals surface area contributed by atoms with Crippen molar-refractivity contribution in [3.8, 4) is 0 Å². The molecule has 0 saturated carbocycles. The number of aryl methyl sites for hydroxylation is 1. The van der Waals surface area contributed by atoms with Crippen molar-refractivity contribution in [2.24, 2.45) is 0 Å². The molecule has 0 aromatic heterocycles. The number of benzene rings is 2. The molecule has 0 spiro atoms. The largest absolute Gasteiger partial charge is 0.169 e. The summed E-state index contributed by atoms with van der Waals surface area (Å²) in [7, 11) is -0.136. The summed E-state index contributed by atoms with van der Waals surface area (Å²) in [6.07, 6.45) is 18.9. The number of rotatable bonds is 9. The van der Waals surface area contributed by atoms with E-state index in [0.29, 0.717) is 0 Å². The van der Waals surface area contributed by atoms with Gasteiger partial charge in [-0.3, -0.25) is 0 Å². The Kier molecular flexibility index (Phi) is 10.8. The summed E-state index contributed by atoms with van der Waals surface area (Å²) in [5.74, 6) is 0.